The summed E-state index contributed by atoms with van der Waals surface area (Å²) in [5, 5.41) is 3.80. The highest BCUT2D eigenvalue weighted by molar-refractivity contribution is 5.87. The van der Waals surface area contributed by atoms with E-state index in [2.05, 4.69) is 15.2 Å². The van der Waals surface area contributed by atoms with Crippen molar-refractivity contribution in [3.05, 3.63) is 46.2 Å². The lowest BCUT2D eigenvalue weighted by Crippen LogP contribution is -2.43. The Bertz CT molecular complexity index is 1160. The highest BCUT2D eigenvalue weighted by atomic mass is 16.5. The van der Waals surface area contributed by atoms with Gasteiger partial charge in [0.05, 0.1) is 26.8 Å². The Morgan fingerprint density at radius 2 is 1.76 bits per heavy atom. The van der Waals surface area contributed by atoms with Crippen LogP contribution in [0.5, 0.6) is 17.2 Å². The zero-order valence-electron chi connectivity index (χ0n) is 19.6. The van der Waals surface area contributed by atoms with Crippen LogP contribution in [0.2, 0.25) is 0 Å². The molecule has 0 atom stereocenters. The molecular weight excluding hydrogens is 420 g/mol. The topological polar surface area (TPSA) is 88.7 Å². The van der Waals surface area contributed by atoms with Gasteiger partial charge in [-0.1, -0.05) is 0 Å². The first-order valence-electron chi connectivity index (χ1n) is 11.4. The minimum atomic E-state index is -0.241. The van der Waals surface area contributed by atoms with Gasteiger partial charge in [-0.15, -0.1) is 0 Å². The number of methoxy groups -OCH3 is 3. The summed E-state index contributed by atoms with van der Waals surface area (Å²) < 4.78 is 16.2. The molecule has 1 aromatic heterocycles. The second-order valence-electron chi connectivity index (χ2n) is 8.21. The van der Waals surface area contributed by atoms with Gasteiger partial charge in [-0.3, -0.25) is 4.79 Å². The molecule has 0 saturated carbocycles. The Morgan fingerprint density at radius 3 is 2.48 bits per heavy atom. The number of aromatic amines is 1. The van der Waals surface area contributed by atoms with E-state index in [1.807, 2.05) is 18.2 Å². The summed E-state index contributed by atoms with van der Waals surface area (Å²) in [6.07, 6.45) is 3.04. The Balaban J connectivity index is 1.62. The van der Waals surface area contributed by atoms with Crippen molar-refractivity contribution in [3.8, 4) is 28.6 Å². The highest BCUT2D eigenvalue weighted by Crippen LogP contribution is 2.31. The predicted molar refractivity (Wildman–Crippen MR) is 130 cm³/mol. The van der Waals surface area contributed by atoms with Crippen LogP contribution < -0.4 is 25.1 Å². The fourth-order valence-corrected chi connectivity index (χ4v) is 4.34. The van der Waals surface area contributed by atoms with Gasteiger partial charge in [0.2, 0.25) is 0 Å². The molecule has 2 aromatic carbocycles. The normalized spacial score (nSPS) is 14.4. The molecular formula is C25H32N4O4. The van der Waals surface area contributed by atoms with E-state index < -0.39 is 0 Å². The van der Waals surface area contributed by atoms with Crippen LogP contribution in [0.15, 0.2) is 35.1 Å². The fourth-order valence-electron chi connectivity index (χ4n) is 4.34. The van der Waals surface area contributed by atoms with E-state index in [1.54, 1.807) is 26.4 Å². The number of fused-ring (bicyclic) bond motifs is 1. The SMILES string of the molecule is COc1ccc(-c2nc3cc(OC)cc(OC)c3c(=O)[nH]2)c(CCCCN2CCNCC2)c1. The van der Waals surface area contributed by atoms with E-state index in [0.29, 0.717) is 28.2 Å². The number of aryl methyl sites for hydroxylation is 1. The van der Waals surface area contributed by atoms with E-state index in [0.717, 1.165) is 68.9 Å². The third-order valence-corrected chi connectivity index (χ3v) is 6.15. The van der Waals surface area contributed by atoms with E-state index in [-0.39, 0.29) is 5.56 Å². The largest absolute Gasteiger partial charge is 0.497 e. The van der Waals surface area contributed by atoms with Crippen molar-refractivity contribution in [2.75, 3.05) is 54.1 Å². The molecule has 2 N–H and O–H groups in total. The predicted octanol–water partition coefficient (Wildman–Crippen LogP) is 2.84. The van der Waals surface area contributed by atoms with Crippen LogP contribution in [0.3, 0.4) is 0 Å². The monoisotopic (exact) mass is 452 g/mol. The summed E-state index contributed by atoms with van der Waals surface area (Å²) in [7, 11) is 4.78. The summed E-state index contributed by atoms with van der Waals surface area (Å²) in [6, 6.07) is 9.35. The molecule has 0 bridgehead atoms. The molecule has 2 heterocycles. The summed E-state index contributed by atoms with van der Waals surface area (Å²) >= 11 is 0. The van der Waals surface area contributed by atoms with E-state index in [4.69, 9.17) is 19.2 Å². The summed E-state index contributed by atoms with van der Waals surface area (Å²) in [5.74, 6) is 2.35. The Labute approximate surface area is 193 Å². The molecule has 0 unspecified atom stereocenters. The number of aromatic nitrogens is 2. The number of ether oxygens (including phenoxy) is 3. The van der Waals surface area contributed by atoms with Crippen LogP contribution in [0.4, 0.5) is 0 Å². The molecule has 33 heavy (non-hydrogen) atoms. The molecule has 1 aliphatic heterocycles. The maximum Gasteiger partial charge on any atom is 0.262 e. The average Bonchev–Trinajstić information content (AvgIpc) is 2.86. The Hall–Kier alpha value is -3.10. The Morgan fingerprint density at radius 1 is 0.970 bits per heavy atom. The standard InChI is InChI=1S/C25H32N4O4/c1-31-18-7-8-20(17(14-18)6-4-5-11-29-12-9-26-10-13-29)24-27-21-15-19(32-2)16-22(33-3)23(21)25(30)28-24/h7-8,14-16,26H,4-6,9-13H2,1-3H3,(H,27,28,30). The zero-order chi connectivity index (χ0) is 23.2. The number of hydrogen-bond donors (Lipinski definition) is 2. The highest BCUT2D eigenvalue weighted by Gasteiger charge is 2.16. The molecule has 0 aliphatic carbocycles. The molecule has 1 aliphatic rings. The molecule has 1 saturated heterocycles. The smallest absolute Gasteiger partial charge is 0.262 e. The molecule has 0 spiro atoms. The van der Waals surface area contributed by atoms with Crippen LogP contribution in [0.25, 0.3) is 22.3 Å². The van der Waals surface area contributed by atoms with Crippen molar-refractivity contribution in [2.45, 2.75) is 19.3 Å². The van der Waals surface area contributed by atoms with Crippen molar-refractivity contribution in [2.24, 2.45) is 0 Å². The number of rotatable bonds is 9. The van der Waals surface area contributed by atoms with Gasteiger partial charge in [-0.2, -0.15) is 0 Å². The van der Waals surface area contributed by atoms with Crippen molar-refractivity contribution >= 4 is 10.9 Å². The number of hydrogen-bond acceptors (Lipinski definition) is 7. The molecule has 8 nitrogen and oxygen atoms in total. The molecule has 8 heteroatoms. The maximum absolute atomic E-state index is 13.0. The van der Waals surface area contributed by atoms with Gasteiger partial charge >= 0.3 is 0 Å². The molecule has 0 amide bonds. The van der Waals surface area contributed by atoms with Gasteiger partial charge in [0.25, 0.3) is 5.56 Å². The van der Waals surface area contributed by atoms with Crippen molar-refractivity contribution in [1.82, 2.24) is 20.2 Å². The molecule has 176 valence electrons. The van der Waals surface area contributed by atoms with Gasteiger partial charge in [0.1, 0.15) is 28.5 Å². The van der Waals surface area contributed by atoms with Gasteiger partial charge in [-0.05, 0) is 49.6 Å². The number of nitrogens with zero attached hydrogens (tertiary/aromatic N) is 2. The number of benzene rings is 2. The van der Waals surface area contributed by atoms with E-state index in [1.165, 1.54) is 7.11 Å². The summed E-state index contributed by atoms with van der Waals surface area (Å²) in [4.78, 5) is 23.2. The third kappa shape index (κ3) is 5.29. The van der Waals surface area contributed by atoms with Crippen molar-refractivity contribution < 1.29 is 14.2 Å². The Kier molecular flexibility index (Phi) is 7.47. The number of nitrogens with one attached hydrogen (secondary N) is 2. The summed E-state index contributed by atoms with van der Waals surface area (Å²) in [6.45, 7) is 5.46. The zero-order valence-corrected chi connectivity index (χ0v) is 19.6. The quantitative estimate of drug-likeness (QED) is 0.483. The van der Waals surface area contributed by atoms with Gasteiger partial charge in [0, 0.05) is 43.9 Å². The number of unbranched alkanes of at least 4 members (excludes halogenated alkanes) is 1. The first kappa shape index (κ1) is 23.1. The molecule has 0 radical (unpaired) electrons. The van der Waals surface area contributed by atoms with Crippen LogP contribution in [-0.4, -0.2) is 68.9 Å². The lowest BCUT2D eigenvalue weighted by atomic mass is 10.00. The first-order valence-corrected chi connectivity index (χ1v) is 11.4. The van der Waals surface area contributed by atoms with Crippen LogP contribution in [-0.2, 0) is 6.42 Å². The van der Waals surface area contributed by atoms with Gasteiger partial charge < -0.3 is 29.4 Å². The second kappa shape index (κ2) is 10.7. The van der Waals surface area contributed by atoms with E-state index in [9.17, 15) is 4.79 Å². The number of piperazine rings is 1. The fraction of sp³-hybridized carbons (Fsp3) is 0.440. The molecule has 1 fully saturated rings. The van der Waals surface area contributed by atoms with Gasteiger partial charge in [-0.25, -0.2) is 4.98 Å². The first-order chi connectivity index (χ1) is 16.1. The number of H-pyrrole nitrogens is 1. The third-order valence-electron chi connectivity index (χ3n) is 6.15. The van der Waals surface area contributed by atoms with Gasteiger partial charge in [0.15, 0.2) is 0 Å². The minimum Gasteiger partial charge on any atom is -0.497 e. The average molecular weight is 453 g/mol. The van der Waals surface area contributed by atoms with Crippen LogP contribution >= 0.6 is 0 Å². The lowest BCUT2D eigenvalue weighted by molar-refractivity contribution is 0.237. The van der Waals surface area contributed by atoms with Crippen LogP contribution in [0.1, 0.15) is 18.4 Å². The van der Waals surface area contributed by atoms with E-state index >= 15 is 0 Å². The minimum absolute atomic E-state index is 0.241. The second-order valence-corrected chi connectivity index (χ2v) is 8.21. The molecule has 4 rings (SSSR count). The summed E-state index contributed by atoms with van der Waals surface area (Å²) in [5.41, 5.74) is 2.30. The molecule has 3 aromatic rings. The van der Waals surface area contributed by atoms with Crippen molar-refractivity contribution in [1.29, 1.82) is 0 Å². The van der Waals surface area contributed by atoms with Crippen LogP contribution in [0, 0.1) is 0 Å². The van der Waals surface area contributed by atoms with Crippen molar-refractivity contribution in [3.63, 3.8) is 0 Å². The lowest BCUT2D eigenvalue weighted by Gasteiger charge is -2.27. The maximum atomic E-state index is 13.0.